The number of aromatic nitrogens is 2. The van der Waals surface area contributed by atoms with E-state index in [-0.39, 0.29) is 17.5 Å². The second kappa shape index (κ2) is 8.31. The second-order valence-electron chi connectivity index (χ2n) is 8.95. The van der Waals surface area contributed by atoms with Gasteiger partial charge in [-0.2, -0.15) is 0 Å². The van der Waals surface area contributed by atoms with Crippen molar-refractivity contribution in [2.45, 2.75) is 18.6 Å². The number of carbonyl (C=O) groups is 2. The van der Waals surface area contributed by atoms with Crippen molar-refractivity contribution in [1.82, 2.24) is 14.9 Å². The molecule has 0 bridgehead atoms. The van der Waals surface area contributed by atoms with Crippen molar-refractivity contribution in [2.24, 2.45) is 0 Å². The number of amides is 1. The zero-order chi connectivity index (χ0) is 25.0. The highest BCUT2D eigenvalue weighted by Gasteiger charge is 2.40. The number of fused-ring (bicyclic) bond motifs is 1. The van der Waals surface area contributed by atoms with E-state index in [9.17, 15) is 14.4 Å². The number of hydrogen-bond donors (Lipinski definition) is 2. The summed E-state index contributed by atoms with van der Waals surface area (Å²) in [5.74, 6) is -0.760. The molecule has 3 N–H and O–H groups in total. The maximum Gasteiger partial charge on any atom is 0.337 e. The van der Waals surface area contributed by atoms with Crippen molar-refractivity contribution >= 4 is 34.2 Å². The van der Waals surface area contributed by atoms with Crippen LogP contribution in [0.1, 0.15) is 39.3 Å². The molecule has 4 aromatic rings. The summed E-state index contributed by atoms with van der Waals surface area (Å²) in [6, 6.07) is 17.7. The predicted molar refractivity (Wildman–Crippen MR) is 135 cm³/mol. The fraction of sp³-hybridized carbons (Fsp3) is 0.185. The van der Waals surface area contributed by atoms with Gasteiger partial charge in [0.15, 0.2) is 6.17 Å². The maximum absolute atomic E-state index is 13.9. The molecule has 2 aliphatic rings. The van der Waals surface area contributed by atoms with Gasteiger partial charge in [0.1, 0.15) is 0 Å². The number of rotatable bonds is 3. The van der Waals surface area contributed by atoms with Gasteiger partial charge in [-0.15, -0.1) is 0 Å². The van der Waals surface area contributed by atoms with Crippen LogP contribution in [0.2, 0.25) is 0 Å². The van der Waals surface area contributed by atoms with Crippen molar-refractivity contribution < 1.29 is 14.3 Å². The van der Waals surface area contributed by atoms with Gasteiger partial charge in [0.05, 0.1) is 41.6 Å². The van der Waals surface area contributed by atoms with Crippen LogP contribution in [-0.4, -0.2) is 35.1 Å². The van der Waals surface area contributed by atoms with E-state index in [1.807, 2.05) is 42.5 Å². The van der Waals surface area contributed by atoms with E-state index >= 15 is 0 Å². The van der Waals surface area contributed by atoms with E-state index in [1.165, 1.54) is 36.2 Å². The molecule has 0 radical (unpaired) electrons. The summed E-state index contributed by atoms with van der Waals surface area (Å²) in [6.45, 7) is 0.503. The molecule has 180 valence electrons. The number of nitrogens with two attached hydrogens (primary N) is 1. The van der Waals surface area contributed by atoms with Gasteiger partial charge in [-0.05, 0) is 53.4 Å². The number of methoxy groups -OCH3 is 1. The van der Waals surface area contributed by atoms with E-state index in [1.54, 1.807) is 4.90 Å². The van der Waals surface area contributed by atoms with Crippen LogP contribution >= 0.6 is 0 Å². The van der Waals surface area contributed by atoms with E-state index in [4.69, 9.17) is 10.5 Å². The van der Waals surface area contributed by atoms with Crippen molar-refractivity contribution in [1.29, 1.82) is 0 Å². The first kappa shape index (κ1) is 22.0. The Hall–Kier alpha value is -4.50. The number of benzene rings is 3. The van der Waals surface area contributed by atoms with Crippen molar-refractivity contribution in [2.75, 3.05) is 24.3 Å². The van der Waals surface area contributed by atoms with Crippen LogP contribution in [0.15, 0.2) is 71.8 Å². The molecular weight excluding hydrogens is 458 g/mol. The highest BCUT2D eigenvalue weighted by Crippen LogP contribution is 2.42. The van der Waals surface area contributed by atoms with E-state index in [0.717, 1.165) is 22.4 Å². The van der Waals surface area contributed by atoms with Gasteiger partial charge in [-0.3, -0.25) is 19.5 Å². The number of nitrogen functional groups attached to an aromatic ring is 1. The van der Waals surface area contributed by atoms with Gasteiger partial charge < -0.3 is 15.4 Å². The molecule has 1 aromatic heterocycles. The first-order chi connectivity index (χ1) is 17.5. The monoisotopic (exact) mass is 481 g/mol. The smallest absolute Gasteiger partial charge is 0.337 e. The fourth-order valence-corrected chi connectivity index (χ4v) is 5.20. The molecular formula is C27H23N5O4. The zero-order valence-corrected chi connectivity index (χ0v) is 19.5. The second-order valence-corrected chi connectivity index (χ2v) is 8.95. The maximum atomic E-state index is 13.9. The summed E-state index contributed by atoms with van der Waals surface area (Å²) in [4.78, 5) is 45.5. The summed E-state index contributed by atoms with van der Waals surface area (Å²) in [5.41, 5.74) is 10.8. The lowest BCUT2D eigenvalue weighted by Gasteiger charge is -2.25. The van der Waals surface area contributed by atoms with Gasteiger partial charge in [-0.1, -0.05) is 30.3 Å². The van der Waals surface area contributed by atoms with Gasteiger partial charge in [0.2, 0.25) is 0 Å². The Labute approximate surface area is 206 Å². The third-order valence-electron chi connectivity index (χ3n) is 6.87. The Morgan fingerprint density at radius 1 is 1.11 bits per heavy atom. The van der Waals surface area contributed by atoms with E-state index in [0.29, 0.717) is 35.1 Å². The van der Waals surface area contributed by atoms with Crippen LogP contribution in [0.4, 0.5) is 11.4 Å². The average Bonchev–Trinajstić information content (AvgIpc) is 3.28. The number of anilines is 2. The van der Waals surface area contributed by atoms with Crippen molar-refractivity contribution in [3.05, 3.63) is 99.6 Å². The molecule has 0 spiro atoms. The zero-order valence-electron chi connectivity index (χ0n) is 19.5. The van der Waals surface area contributed by atoms with Crippen molar-refractivity contribution in [3.63, 3.8) is 0 Å². The molecule has 36 heavy (non-hydrogen) atoms. The Bertz CT molecular complexity index is 1600. The summed E-state index contributed by atoms with van der Waals surface area (Å²) in [7, 11) is 1.29. The SMILES string of the molecule is COC(=O)c1ccc2c(=O)n(C3NC(c4ccccc4)c4cc(N)cc5c4N(CC5)C3=O)cnc2c1. The van der Waals surface area contributed by atoms with Gasteiger partial charge in [0.25, 0.3) is 11.5 Å². The molecule has 3 aromatic carbocycles. The molecule has 0 aliphatic carbocycles. The average molecular weight is 482 g/mol. The molecule has 0 saturated carbocycles. The minimum absolute atomic E-state index is 0.243. The number of nitrogens with one attached hydrogen (secondary N) is 1. The molecule has 9 nitrogen and oxygen atoms in total. The quantitative estimate of drug-likeness (QED) is 0.341. The van der Waals surface area contributed by atoms with E-state index in [2.05, 4.69) is 10.3 Å². The summed E-state index contributed by atoms with van der Waals surface area (Å²) >= 11 is 0. The van der Waals surface area contributed by atoms with Gasteiger partial charge in [-0.25, -0.2) is 9.78 Å². The summed E-state index contributed by atoms with van der Waals surface area (Å²) in [5, 5.41) is 3.72. The van der Waals surface area contributed by atoms with Crippen LogP contribution in [0, 0.1) is 0 Å². The molecule has 2 unspecified atom stereocenters. The fourth-order valence-electron chi connectivity index (χ4n) is 5.20. The lowest BCUT2D eigenvalue weighted by molar-refractivity contribution is -0.122. The lowest BCUT2D eigenvalue weighted by Crippen LogP contribution is -2.45. The van der Waals surface area contributed by atoms with Crippen LogP contribution in [0.5, 0.6) is 0 Å². The molecule has 2 aliphatic heterocycles. The Morgan fingerprint density at radius 3 is 2.69 bits per heavy atom. The summed E-state index contributed by atoms with van der Waals surface area (Å²) < 4.78 is 6.09. The lowest BCUT2D eigenvalue weighted by atomic mass is 9.94. The van der Waals surface area contributed by atoms with Crippen LogP contribution in [0.3, 0.4) is 0 Å². The largest absolute Gasteiger partial charge is 0.465 e. The summed E-state index contributed by atoms with van der Waals surface area (Å²) in [6.07, 6.45) is 1.04. The minimum atomic E-state index is -1.00. The van der Waals surface area contributed by atoms with Gasteiger partial charge >= 0.3 is 5.97 Å². The molecule has 0 fully saturated rings. The molecule has 0 saturated heterocycles. The topological polar surface area (TPSA) is 120 Å². The first-order valence-electron chi connectivity index (χ1n) is 11.6. The third-order valence-corrected chi connectivity index (χ3v) is 6.87. The number of hydrogen-bond acceptors (Lipinski definition) is 7. The van der Waals surface area contributed by atoms with Crippen LogP contribution in [-0.2, 0) is 16.0 Å². The van der Waals surface area contributed by atoms with Crippen molar-refractivity contribution in [3.8, 4) is 0 Å². The van der Waals surface area contributed by atoms with Gasteiger partial charge in [0, 0.05) is 12.2 Å². The molecule has 2 atom stereocenters. The van der Waals surface area contributed by atoms with E-state index < -0.39 is 12.1 Å². The highest BCUT2D eigenvalue weighted by molar-refractivity contribution is 6.00. The Kier molecular flexibility index (Phi) is 5.08. The molecule has 6 rings (SSSR count). The first-order valence-corrected chi connectivity index (χ1v) is 11.6. The Balaban J connectivity index is 1.52. The molecule has 9 heteroatoms. The predicted octanol–water partition coefficient (Wildman–Crippen LogP) is 2.55. The molecule has 3 heterocycles. The Morgan fingerprint density at radius 2 is 1.92 bits per heavy atom. The number of esters is 1. The number of ether oxygens (including phenoxy) is 1. The highest BCUT2D eigenvalue weighted by atomic mass is 16.5. The molecule has 1 amide bonds. The third kappa shape index (κ3) is 3.36. The normalized spacial score (nSPS) is 18.7. The number of carbonyl (C=O) groups excluding carboxylic acids is 2. The number of nitrogens with zero attached hydrogens (tertiary/aromatic N) is 3. The minimum Gasteiger partial charge on any atom is -0.465 e. The van der Waals surface area contributed by atoms with Crippen LogP contribution < -0.4 is 21.5 Å². The van der Waals surface area contributed by atoms with Crippen LogP contribution in [0.25, 0.3) is 10.9 Å². The standard InChI is InChI=1S/C27H23N5O4/c1-36-27(35)17-7-8-19-21(12-17)29-14-32(25(19)33)24-26(34)31-10-9-16-11-18(28)13-20(23(16)31)22(30-24)15-5-3-2-4-6-15/h2-8,11-14,22,24,30H,9-10,28H2,1H3.